The Balaban J connectivity index is 1.77. The van der Waals surface area contributed by atoms with Crippen LogP contribution in [0.4, 0.5) is 14.5 Å². The Bertz CT molecular complexity index is 869. The third-order valence-corrected chi connectivity index (χ3v) is 5.22. The molecule has 0 saturated carbocycles. The second-order valence-electron chi connectivity index (χ2n) is 5.39. The van der Waals surface area contributed by atoms with Crippen LogP contribution in [0.3, 0.4) is 0 Å². The van der Waals surface area contributed by atoms with Crippen molar-refractivity contribution in [1.29, 1.82) is 0 Å². The molecule has 0 spiro atoms. The van der Waals surface area contributed by atoms with Crippen molar-refractivity contribution in [2.45, 2.75) is 17.4 Å². The average molecular weight is 352 g/mol. The number of hydrogen-bond acceptors (Lipinski definition) is 3. The molecule has 1 heterocycles. The van der Waals surface area contributed by atoms with Crippen LogP contribution >= 0.6 is 0 Å². The quantitative estimate of drug-likeness (QED) is 0.916. The van der Waals surface area contributed by atoms with Gasteiger partial charge in [0.2, 0.25) is 15.9 Å². The molecule has 5 nitrogen and oxygen atoms in total. The normalized spacial score (nSPS) is 18.2. The molecule has 24 heavy (non-hydrogen) atoms. The van der Waals surface area contributed by atoms with Crippen molar-refractivity contribution in [3.05, 3.63) is 60.2 Å². The number of halogens is 2. The lowest BCUT2D eigenvalue weighted by Gasteiger charge is -2.17. The predicted octanol–water partition coefficient (Wildman–Crippen LogP) is 2.05. The van der Waals surface area contributed by atoms with Crippen LogP contribution in [-0.4, -0.2) is 26.9 Å². The Morgan fingerprint density at radius 3 is 2.42 bits per heavy atom. The van der Waals surface area contributed by atoms with Crippen LogP contribution in [0.5, 0.6) is 0 Å². The first kappa shape index (κ1) is 16.5. The van der Waals surface area contributed by atoms with Gasteiger partial charge in [-0.15, -0.1) is 0 Å². The monoisotopic (exact) mass is 352 g/mol. The zero-order valence-corrected chi connectivity index (χ0v) is 13.3. The minimum absolute atomic E-state index is 0.240. The molecule has 0 bridgehead atoms. The lowest BCUT2D eigenvalue weighted by Crippen LogP contribution is -2.41. The Kier molecular flexibility index (Phi) is 4.33. The molecule has 1 aliphatic heterocycles. The first-order valence-electron chi connectivity index (χ1n) is 7.22. The Hall–Kier alpha value is -2.32. The van der Waals surface area contributed by atoms with Crippen molar-refractivity contribution in [2.24, 2.45) is 0 Å². The van der Waals surface area contributed by atoms with Gasteiger partial charge in [0.05, 0.1) is 4.90 Å². The lowest BCUT2D eigenvalue weighted by molar-refractivity contribution is -0.118. The molecule has 1 fully saturated rings. The number of nitrogens with one attached hydrogen (secondary N) is 1. The summed E-state index contributed by atoms with van der Waals surface area (Å²) in [6.45, 7) is 0.306. The van der Waals surface area contributed by atoms with Crippen molar-refractivity contribution < 1.29 is 22.0 Å². The second kappa shape index (κ2) is 6.29. The van der Waals surface area contributed by atoms with E-state index in [0.717, 1.165) is 12.1 Å². The van der Waals surface area contributed by atoms with E-state index in [-0.39, 0.29) is 11.3 Å². The van der Waals surface area contributed by atoms with Gasteiger partial charge in [-0.1, -0.05) is 6.07 Å². The number of anilines is 1. The fraction of sp³-hybridized carbons (Fsp3) is 0.188. The number of amides is 1. The van der Waals surface area contributed by atoms with Crippen LogP contribution in [0.2, 0.25) is 0 Å². The zero-order valence-electron chi connectivity index (χ0n) is 12.4. The molecule has 1 saturated heterocycles. The predicted molar refractivity (Wildman–Crippen MR) is 83.9 cm³/mol. The molecule has 8 heteroatoms. The van der Waals surface area contributed by atoms with Gasteiger partial charge in [0.15, 0.2) is 0 Å². The SMILES string of the molecule is O=C1C(NS(=O)(=O)c2cccc(F)c2)CCN1c1ccc(F)cc1. The average Bonchev–Trinajstić information content (AvgIpc) is 2.89. The van der Waals surface area contributed by atoms with Crippen LogP contribution < -0.4 is 9.62 Å². The van der Waals surface area contributed by atoms with Gasteiger partial charge in [0, 0.05) is 12.2 Å². The number of nitrogens with zero attached hydrogens (tertiary/aromatic N) is 1. The largest absolute Gasteiger partial charge is 0.311 e. The van der Waals surface area contributed by atoms with Crippen molar-refractivity contribution in [1.82, 2.24) is 4.72 Å². The molecule has 0 aliphatic carbocycles. The van der Waals surface area contributed by atoms with Crippen LogP contribution in [0.15, 0.2) is 53.4 Å². The summed E-state index contributed by atoms with van der Waals surface area (Å²) >= 11 is 0. The van der Waals surface area contributed by atoms with E-state index in [0.29, 0.717) is 12.2 Å². The Labute approximate surface area is 138 Å². The molecular weight excluding hydrogens is 338 g/mol. The van der Waals surface area contributed by atoms with E-state index in [1.54, 1.807) is 0 Å². The fourth-order valence-corrected chi connectivity index (χ4v) is 3.81. The number of hydrogen-bond donors (Lipinski definition) is 1. The van der Waals surface area contributed by atoms with Crippen LogP contribution in [0, 0.1) is 11.6 Å². The Morgan fingerprint density at radius 1 is 1.04 bits per heavy atom. The third kappa shape index (κ3) is 3.29. The van der Waals surface area contributed by atoms with Gasteiger partial charge < -0.3 is 4.90 Å². The van der Waals surface area contributed by atoms with Crippen LogP contribution in [-0.2, 0) is 14.8 Å². The van der Waals surface area contributed by atoms with Crippen molar-refractivity contribution in [3.63, 3.8) is 0 Å². The molecule has 1 unspecified atom stereocenters. The highest BCUT2D eigenvalue weighted by atomic mass is 32.2. The molecule has 0 aromatic heterocycles. The highest BCUT2D eigenvalue weighted by Crippen LogP contribution is 2.23. The molecular formula is C16H14F2N2O3S. The third-order valence-electron chi connectivity index (χ3n) is 3.75. The van der Waals surface area contributed by atoms with Crippen molar-refractivity contribution in [2.75, 3.05) is 11.4 Å². The van der Waals surface area contributed by atoms with E-state index < -0.39 is 33.6 Å². The van der Waals surface area contributed by atoms with E-state index in [1.165, 1.54) is 41.3 Å². The molecule has 2 aromatic rings. The number of sulfonamides is 1. The molecule has 1 aliphatic rings. The summed E-state index contributed by atoms with van der Waals surface area (Å²) in [5.74, 6) is -1.53. The molecule has 3 rings (SSSR count). The summed E-state index contributed by atoms with van der Waals surface area (Å²) in [6, 6.07) is 8.99. The zero-order chi connectivity index (χ0) is 17.3. The smallest absolute Gasteiger partial charge is 0.245 e. The highest BCUT2D eigenvalue weighted by Gasteiger charge is 2.35. The molecule has 1 amide bonds. The minimum atomic E-state index is -4.01. The van der Waals surface area contributed by atoms with Crippen LogP contribution in [0.1, 0.15) is 6.42 Å². The van der Waals surface area contributed by atoms with Gasteiger partial charge in [0.1, 0.15) is 17.7 Å². The van der Waals surface area contributed by atoms with E-state index in [2.05, 4.69) is 4.72 Å². The summed E-state index contributed by atoms with van der Waals surface area (Å²) in [7, 11) is -4.01. The highest BCUT2D eigenvalue weighted by molar-refractivity contribution is 7.89. The number of carbonyl (C=O) groups excluding carboxylic acids is 1. The summed E-state index contributed by atoms with van der Waals surface area (Å²) in [4.78, 5) is 13.5. The van der Waals surface area contributed by atoms with E-state index in [4.69, 9.17) is 0 Å². The van der Waals surface area contributed by atoms with Crippen LogP contribution in [0.25, 0.3) is 0 Å². The number of rotatable bonds is 4. The first-order valence-corrected chi connectivity index (χ1v) is 8.70. The van der Waals surface area contributed by atoms with E-state index >= 15 is 0 Å². The van der Waals surface area contributed by atoms with Gasteiger partial charge in [-0.3, -0.25) is 4.79 Å². The van der Waals surface area contributed by atoms with Crippen molar-refractivity contribution in [3.8, 4) is 0 Å². The maximum absolute atomic E-state index is 13.2. The maximum Gasteiger partial charge on any atom is 0.245 e. The summed E-state index contributed by atoms with van der Waals surface area (Å²) in [6.07, 6.45) is 0.269. The standard InChI is InChI=1S/C16H14F2N2O3S/c17-11-4-6-13(7-5-11)20-9-8-15(16(20)21)19-24(22,23)14-3-1-2-12(18)10-14/h1-7,10,15,19H,8-9H2. The van der Waals surface area contributed by atoms with E-state index in [1.807, 2.05) is 0 Å². The fourth-order valence-electron chi connectivity index (χ4n) is 2.56. The van der Waals surface area contributed by atoms with Gasteiger partial charge in [0.25, 0.3) is 0 Å². The van der Waals surface area contributed by atoms with Crippen molar-refractivity contribution >= 4 is 21.6 Å². The lowest BCUT2D eigenvalue weighted by atomic mass is 10.3. The van der Waals surface area contributed by atoms with Gasteiger partial charge in [-0.2, -0.15) is 4.72 Å². The van der Waals surface area contributed by atoms with E-state index in [9.17, 15) is 22.0 Å². The molecule has 1 atom stereocenters. The number of benzene rings is 2. The minimum Gasteiger partial charge on any atom is -0.311 e. The Morgan fingerprint density at radius 2 is 1.75 bits per heavy atom. The summed E-state index contributed by atoms with van der Waals surface area (Å²) in [5, 5.41) is 0. The van der Waals surface area contributed by atoms with Gasteiger partial charge in [-0.05, 0) is 48.9 Å². The second-order valence-corrected chi connectivity index (χ2v) is 7.10. The van der Waals surface area contributed by atoms with Gasteiger partial charge >= 0.3 is 0 Å². The molecule has 126 valence electrons. The molecule has 1 N–H and O–H groups in total. The number of carbonyl (C=O) groups is 1. The van der Waals surface area contributed by atoms with Gasteiger partial charge in [-0.25, -0.2) is 17.2 Å². The maximum atomic E-state index is 13.2. The summed E-state index contributed by atoms with van der Waals surface area (Å²) < 4.78 is 53.0. The summed E-state index contributed by atoms with van der Waals surface area (Å²) in [5.41, 5.74) is 0.494. The molecule has 0 radical (unpaired) electrons. The molecule has 2 aromatic carbocycles. The topological polar surface area (TPSA) is 66.5 Å². The first-order chi connectivity index (χ1) is 11.4.